The average molecular weight is 378 g/mol. The summed E-state index contributed by atoms with van der Waals surface area (Å²) in [4.78, 5) is 25.1. The highest BCUT2D eigenvalue weighted by molar-refractivity contribution is 6.60. The van der Waals surface area contributed by atoms with Crippen molar-refractivity contribution in [2.45, 2.75) is 58.7 Å². The number of hydrogen-bond donors (Lipinski definition) is 1. The molecule has 25 heavy (non-hydrogen) atoms. The summed E-state index contributed by atoms with van der Waals surface area (Å²) in [6.45, 7) is 8.91. The lowest BCUT2D eigenvalue weighted by Crippen LogP contribution is -2.46. The summed E-state index contributed by atoms with van der Waals surface area (Å²) in [6.07, 6.45) is 0.0803. The number of β-amino-alcohol motifs (C(OH)–C–C–N with tert-alkyl or cyclic N) is 1. The molecule has 0 aliphatic carbocycles. The summed E-state index contributed by atoms with van der Waals surface area (Å²) in [5, 5.41) is 9.68. The van der Waals surface area contributed by atoms with Gasteiger partial charge in [-0.2, -0.15) is 0 Å². The van der Waals surface area contributed by atoms with Gasteiger partial charge in [0.15, 0.2) is 0 Å². The predicted octanol–water partition coefficient (Wildman–Crippen LogP) is 0.950. The van der Waals surface area contributed by atoms with E-state index in [0.717, 1.165) is 0 Å². The maximum Gasteiger partial charge on any atom is 0.501 e. The molecule has 1 heterocycles. The van der Waals surface area contributed by atoms with Crippen LogP contribution in [0.1, 0.15) is 40.5 Å². The molecule has 146 valence electrons. The Kier molecular flexibility index (Phi) is 9.58. The summed E-state index contributed by atoms with van der Waals surface area (Å²) < 4.78 is 22.5. The molecule has 1 unspecified atom stereocenters. The minimum Gasteiger partial charge on any atom is -0.464 e. The molecule has 9 heteroatoms. The lowest BCUT2D eigenvalue weighted by Gasteiger charge is -2.28. The van der Waals surface area contributed by atoms with Gasteiger partial charge in [0.05, 0.1) is 12.7 Å². The van der Waals surface area contributed by atoms with Crippen LogP contribution in [0.4, 0.5) is 0 Å². The Morgan fingerprint density at radius 1 is 1.12 bits per heavy atom. The number of amides is 1. The van der Waals surface area contributed by atoms with Crippen LogP contribution in [-0.4, -0.2) is 75.8 Å². The van der Waals surface area contributed by atoms with Crippen LogP contribution < -0.4 is 0 Å². The molecule has 1 saturated heterocycles. The van der Waals surface area contributed by atoms with E-state index in [1.54, 1.807) is 0 Å². The molecule has 0 aromatic carbocycles. The lowest BCUT2D eigenvalue weighted by molar-refractivity contribution is -0.152. The fraction of sp³-hybridized carbons (Fsp3) is 0.875. The summed E-state index contributed by atoms with van der Waals surface area (Å²) in [7, 11) is -2.74. The first-order valence-electron chi connectivity index (χ1n) is 8.92. The largest absolute Gasteiger partial charge is 0.501 e. The van der Waals surface area contributed by atoms with E-state index in [4.69, 9.17) is 18.0 Å². The van der Waals surface area contributed by atoms with E-state index in [9.17, 15) is 14.7 Å². The van der Waals surface area contributed by atoms with Gasteiger partial charge in [-0.3, -0.25) is 4.79 Å². The average Bonchev–Trinajstić information content (AvgIpc) is 2.94. The Hall–Kier alpha value is -1.00. The fourth-order valence-corrected chi connectivity index (χ4v) is 5.52. The van der Waals surface area contributed by atoms with Gasteiger partial charge < -0.3 is 28.0 Å². The zero-order valence-corrected chi connectivity index (χ0v) is 16.7. The molecule has 0 saturated carbocycles. The predicted molar refractivity (Wildman–Crippen MR) is 92.8 cm³/mol. The smallest absolute Gasteiger partial charge is 0.464 e. The van der Waals surface area contributed by atoms with Crippen LogP contribution in [-0.2, 0) is 27.6 Å². The summed E-state index contributed by atoms with van der Waals surface area (Å²) in [6, 6.07) is -0.153. The monoisotopic (exact) mass is 377 g/mol. The molecule has 2 atom stereocenters. The van der Waals surface area contributed by atoms with Crippen LogP contribution in [0.25, 0.3) is 0 Å². The highest BCUT2D eigenvalue weighted by Crippen LogP contribution is 2.21. The number of aliphatic hydroxyl groups excluding tert-OH is 1. The lowest BCUT2D eigenvalue weighted by atomic mass is 10.2. The molecule has 0 aromatic heterocycles. The normalized spacial score (nSPS) is 20.8. The Bertz CT molecular complexity index is 418. The second-order valence-electron chi connectivity index (χ2n) is 5.83. The van der Waals surface area contributed by atoms with Gasteiger partial charge in [0.2, 0.25) is 5.91 Å². The third kappa shape index (κ3) is 6.67. The highest BCUT2D eigenvalue weighted by Gasteiger charge is 2.41. The van der Waals surface area contributed by atoms with Crippen molar-refractivity contribution in [2.75, 3.05) is 33.0 Å². The minimum atomic E-state index is -2.74. The maximum atomic E-state index is 12.2. The molecule has 0 aromatic rings. The number of rotatable bonds is 11. The topological polar surface area (TPSA) is 94.5 Å². The Morgan fingerprint density at radius 2 is 1.68 bits per heavy atom. The van der Waals surface area contributed by atoms with E-state index < -0.39 is 26.9 Å². The Balaban J connectivity index is 2.49. The zero-order valence-electron chi connectivity index (χ0n) is 15.7. The van der Waals surface area contributed by atoms with Gasteiger partial charge in [-0.25, -0.2) is 4.79 Å². The molecule has 8 nitrogen and oxygen atoms in total. The van der Waals surface area contributed by atoms with Crippen LogP contribution in [0.2, 0.25) is 6.04 Å². The molecule has 1 N–H and O–H groups in total. The SMILES string of the molecule is CCO[Si](CCCOC(=O)[C@@H]1CC(O)CN1C(C)=O)(OCC)OCC. The van der Waals surface area contributed by atoms with Crippen LogP contribution in [0, 0.1) is 0 Å². The second-order valence-corrected chi connectivity index (χ2v) is 8.56. The van der Waals surface area contributed by atoms with E-state index in [-0.39, 0.29) is 25.5 Å². The maximum absolute atomic E-state index is 12.2. The van der Waals surface area contributed by atoms with E-state index in [1.165, 1.54) is 11.8 Å². The Morgan fingerprint density at radius 3 is 2.16 bits per heavy atom. The molecule has 0 spiro atoms. The number of aliphatic hydroxyl groups is 1. The highest BCUT2D eigenvalue weighted by atomic mass is 28.4. The van der Waals surface area contributed by atoms with E-state index in [0.29, 0.717) is 32.3 Å². The van der Waals surface area contributed by atoms with Crippen molar-refractivity contribution in [3.63, 3.8) is 0 Å². The molecule has 1 fully saturated rings. The Labute approximate surface area is 150 Å². The molecule has 1 aliphatic heterocycles. The van der Waals surface area contributed by atoms with Crippen molar-refractivity contribution in [1.82, 2.24) is 4.90 Å². The minimum absolute atomic E-state index is 0.171. The third-order valence-electron chi connectivity index (χ3n) is 3.92. The fourth-order valence-electron chi connectivity index (χ4n) is 2.94. The quantitative estimate of drug-likeness (QED) is 0.325. The van der Waals surface area contributed by atoms with Crippen molar-refractivity contribution in [1.29, 1.82) is 0 Å². The van der Waals surface area contributed by atoms with E-state index in [2.05, 4.69) is 0 Å². The summed E-state index contributed by atoms with van der Waals surface area (Å²) >= 11 is 0. The number of carbonyl (C=O) groups is 2. The number of carbonyl (C=O) groups excluding carboxylic acids is 2. The number of ether oxygens (including phenoxy) is 1. The van der Waals surface area contributed by atoms with Gasteiger partial charge in [-0.1, -0.05) is 0 Å². The van der Waals surface area contributed by atoms with Crippen molar-refractivity contribution < 1.29 is 32.7 Å². The first kappa shape index (κ1) is 22.0. The number of likely N-dealkylation sites (tertiary alicyclic amines) is 1. The van der Waals surface area contributed by atoms with Gasteiger partial charge in [-0.05, 0) is 27.2 Å². The third-order valence-corrected chi connectivity index (χ3v) is 7.07. The molecule has 0 bridgehead atoms. The second kappa shape index (κ2) is 10.9. The molecular weight excluding hydrogens is 346 g/mol. The van der Waals surface area contributed by atoms with Gasteiger partial charge in [0, 0.05) is 45.8 Å². The van der Waals surface area contributed by atoms with Crippen molar-refractivity contribution in [3.05, 3.63) is 0 Å². The van der Waals surface area contributed by atoms with Gasteiger partial charge in [0.25, 0.3) is 0 Å². The van der Waals surface area contributed by atoms with Crippen molar-refractivity contribution in [3.8, 4) is 0 Å². The standard InChI is InChI=1S/C16H31NO7Si/c1-5-22-25(23-6-2,24-7-3)10-8-9-21-16(20)15-11-14(19)12-17(15)13(4)18/h14-15,19H,5-12H2,1-4H3/t14?,15-/m0/s1. The first-order chi connectivity index (χ1) is 11.9. The van der Waals surface area contributed by atoms with E-state index in [1.807, 2.05) is 20.8 Å². The molecule has 0 radical (unpaired) electrons. The number of esters is 1. The van der Waals surface area contributed by atoms with Gasteiger partial charge in [0.1, 0.15) is 6.04 Å². The van der Waals surface area contributed by atoms with Gasteiger partial charge >= 0.3 is 14.8 Å². The van der Waals surface area contributed by atoms with Crippen LogP contribution >= 0.6 is 0 Å². The summed E-state index contributed by atoms with van der Waals surface area (Å²) in [5.74, 6) is -0.725. The zero-order chi connectivity index (χ0) is 18.9. The van der Waals surface area contributed by atoms with E-state index >= 15 is 0 Å². The van der Waals surface area contributed by atoms with Crippen molar-refractivity contribution >= 4 is 20.7 Å². The molecule has 1 amide bonds. The van der Waals surface area contributed by atoms with Crippen molar-refractivity contribution in [2.24, 2.45) is 0 Å². The van der Waals surface area contributed by atoms with Crippen LogP contribution in [0.3, 0.4) is 0 Å². The molecular formula is C16H31NO7Si. The van der Waals surface area contributed by atoms with Crippen LogP contribution in [0.15, 0.2) is 0 Å². The summed E-state index contributed by atoms with van der Waals surface area (Å²) in [5.41, 5.74) is 0. The molecule has 1 aliphatic rings. The first-order valence-corrected chi connectivity index (χ1v) is 10.9. The van der Waals surface area contributed by atoms with Crippen LogP contribution in [0.5, 0.6) is 0 Å². The van der Waals surface area contributed by atoms with Gasteiger partial charge in [-0.15, -0.1) is 0 Å². The number of hydrogen-bond acceptors (Lipinski definition) is 7. The molecule has 1 rings (SSSR count). The number of nitrogens with zero attached hydrogens (tertiary/aromatic N) is 1.